The summed E-state index contributed by atoms with van der Waals surface area (Å²) in [5.41, 5.74) is 1.86. The minimum atomic E-state index is -2.07. The lowest BCUT2D eigenvalue weighted by Gasteiger charge is -2.45. The predicted molar refractivity (Wildman–Crippen MR) is 109 cm³/mol. The first-order valence-electron chi connectivity index (χ1n) is 9.51. The number of anilines is 1. The van der Waals surface area contributed by atoms with E-state index in [2.05, 4.69) is 30.8 Å². The molecule has 1 aliphatic carbocycles. The summed E-state index contributed by atoms with van der Waals surface area (Å²) >= 11 is -2.07. The highest BCUT2D eigenvalue weighted by Gasteiger charge is 2.55. The zero-order valence-corrected chi connectivity index (χ0v) is 16.5. The third kappa shape index (κ3) is 3.09. The number of hydrogen-bond donors (Lipinski definition) is 2. The fourth-order valence-corrected chi connectivity index (χ4v) is 5.33. The van der Waals surface area contributed by atoms with Gasteiger partial charge in [-0.05, 0) is 36.6 Å². The fourth-order valence-electron chi connectivity index (χ4n) is 4.40. The molecule has 1 saturated carbocycles. The number of piperazine rings is 1. The van der Waals surface area contributed by atoms with Crippen molar-refractivity contribution in [2.45, 2.75) is 23.8 Å². The molecular weight excluding hydrogens is 388 g/mol. The number of rotatable bonds is 4. The third-order valence-corrected chi connectivity index (χ3v) is 6.85. The van der Waals surface area contributed by atoms with Crippen molar-refractivity contribution < 1.29 is 8.76 Å². The normalized spacial score (nSPS) is 20.5. The number of nitriles is 1. The van der Waals surface area contributed by atoms with Crippen molar-refractivity contribution in [2.24, 2.45) is 0 Å². The van der Waals surface area contributed by atoms with Crippen LogP contribution in [-0.4, -0.2) is 53.8 Å². The Kier molecular flexibility index (Phi) is 4.35. The van der Waals surface area contributed by atoms with Crippen molar-refractivity contribution in [1.82, 2.24) is 19.9 Å². The van der Waals surface area contributed by atoms with Gasteiger partial charge in [0.2, 0.25) is 0 Å². The number of H-pyrrole nitrogens is 1. The molecule has 9 heteroatoms. The van der Waals surface area contributed by atoms with E-state index in [1.165, 1.54) is 0 Å². The van der Waals surface area contributed by atoms with Gasteiger partial charge in [-0.15, -0.1) is 0 Å². The molecule has 0 radical (unpaired) electrons. The van der Waals surface area contributed by atoms with Crippen LogP contribution in [0.4, 0.5) is 5.82 Å². The highest BCUT2D eigenvalue weighted by atomic mass is 32.2. The fraction of sp³-hybridized carbons (Fsp3) is 0.350. The van der Waals surface area contributed by atoms with Gasteiger partial charge in [-0.25, -0.2) is 14.2 Å². The Labute approximate surface area is 170 Å². The molecule has 1 spiro atoms. The maximum atomic E-state index is 12.4. The molecule has 0 amide bonds. The van der Waals surface area contributed by atoms with Crippen molar-refractivity contribution >= 4 is 27.9 Å². The zero-order valence-electron chi connectivity index (χ0n) is 15.7. The van der Waals surface area contributed by atoms with Crippen LogP contribution in [0, 0.1) is 11.3 Å². The van der Waals surface area contributed by atoms with E-state index in [0.717, 1.165) is 36.2 Å². The molecule has 148 valence electrons. The Morgan fingerprint density at radius 1 is 1.28 bits per heavy atom. The van der Waals surface area contributed by atoms with Crippen LogP contribution in [0.15, 0.2) is 42.9 Å². The van der Waals surface area contributed by atoms with Gasteiger partial charge in [-0.1, -0.05) is 12.1 Å². The molecule has 2 unspecified atom stereocenters. The summed E-state index contributed by atoms with van der Waals surface area (Å²) < 4.78 is 22.5. The van der Waals surface area contributed by atoms with Crippen molar-refractivity contribution in [3.8, 4) is 6.07 Å². The second-order valence-corrected chi connectivity index (χ2v) is 8.64. The first-order chi connectivity index (χ1) is 14.1. The number of aromatic amines is 1. The van der Waals surface area contributed by atoms with E-state index in [1.807, 2.05) is 18.3 Å². The smallest absolute Gasteiger partial charge is 0.175 e. The molecule has 0 bridgehead atoms. The molecule has 2 aromatic heterocycles. The zero-order chi connectivity index (χ0) is 20.0. The number of fused-ring (bicyclic) bond motifs is 1. The summed E-state index contributed by atoms with van der Waals surface area (Å²) in [5.74, 6) is 0.898. The van der Waals surface area contributed by atoms with E-state index in [-0.39, 0.29) is 5.54 Å². The summed E-state index contributed by atoms with van der Waals surface area (Å²) in [5, 5.41) is 9.55. The molecule has 1 aliphatic heterocycles. The number of aromatic nitrogens is 3. The van der Waals surface area contributed by atoms with Crippen LogP contribution in [-0.2, 0) is 11.1 Å². The Hall–Kier alpha value is -2.80. The molecule has 3 heterocycles. The van der Waals surface area contributed by atoms with Crippen LogP contribution in [0.3, 0.4) is 0 Å². The van der Waals surface area contributed by atoms with Crippen molar-refractivity contribution in [2.75, 3.05) is 24.5 Å². The minimum absolute atomic E-state index is 0.155. The second-order valence-electron chi connectivity index (χ2n) is 7.64. The first kappa shape index (κ1) is 18.2. The summed E-state index contributed by atoms with van der Waals surface area (Å²) in [4.78, 5) is 16.3. The molecule has 29 heavy (non-hydrogen) atoms. The lowest BCUT2D eigenvalue weighted by atomic mass is 10.1. The highest BCUT2D eigenvalue weighted by molar-refractivity contribution is 7.79. The largest absolute Gasteiger partial charge is 0.353 e. The average Bonchev–Trinajstić information content (AvgIpc) is 3.32. The van der Waals surface area contributed by atoms with Crippen LogP contribution < -0.4 is 4.90 Å². The van der Waals surface area contributed by atoms with E-state index in [4.69, 9.17) is 0 Å². The molecule has 8 nitrogen and oxygen atoms in total. The third-order valence-electron chi connectivity index (χ3n) is 5.94. The van der Waals surface area contributed by atoms with Gasteiger partial charge in [-0.3, -0.25) is 4.90 Å². The molecule has 2 aliphatic rings. The van der Waals surface area contributed by atoms with Gasteiger partial charge in [-0.2, -0.15) is 5.26 Å². The lowest BCUT2D eigenvalue weighted by Crippen LogP contribution is -2.56. The van der Waals surface area contributed by atoms with Crippen LogP contribution in [0.5, 0.6) is 0 Å². The molecule has 2 fully saturated rings. The van der Waals surface area contributed by atoms with Gasteiger partial charge in [0.25, 0.3) is 0 Å². The van der Waals surface area contributed by atoms with E-state index in [0.29, 0.717) is 24.2 Å². The summed E-state index contributed by atoms with van der Waals surface area (Å²) in [7, 11) is 0. The van der Waals surface area contributed by atoms with Gasteiger partial charge >= 0.3 is 0 Å². The van der Waals surface area contributed by atoms with Crippen LogP contribution in [0.2, 0.25) is 0 Å². The number of hydrogen-bond acceptors (Lipinski definition) is 6. The van der Waals surface area contributed by atoms with Gasteiger partial charge < -0.3 is 14.4 Å². The Balaban J connectivity index is 1.47. The summed E-state index contributed by atoms with van der Waals surface area (Å²) in [6.45, 7) is 2.09. The molecule has 3 aromatic rings. The van der Waals surface area contributed by atoms with Crippen LogP contribution in [0.25, 0.3) is 11.0 Å². The van der Waals surface area contributed by atoms with Gasteiger partial charge in [0.05, 0.1) is 17.0 Å². The van der Waals surface area contributed by atoms with E-state index in [1.54, 1.807) is 24.5 Å². The summed E-state index contributed by atoms with van der Waals surface area (Å²) in [6, 6.07) is 11.1. The topological polar surface area (TPSA) is 109 Å². The maximum Gasteiger partial charge on any atom is 0.175 e. The molecule has 2 atom stereocenters. The highest BCUT2D eigenvalue weighted by Crippen LogP contribution is 2.49. The molecular formula is C20H20N6O2S. The lowest BCUT2D eigenvalue weighted by molar-refractivity contribution is 0.137. The second kappa shape index (κ2) is 6.91. The van der Waals surface area contributed by atoms with Gasteiger partial charge in [0, 0.05) is 31.4 Å². The number of nitrogens with zero attached hydrogens (tertiary/aromatic N) is 5. The SMILES string of the molecule is N#Cc1cccc(C(N2CCN(c3ncnc4[nH]ccc34)CC23CC3)S(=O)O)c1. The Morgan fingerprint density at radius 3 is 2.90 bits per heavy atom. The van der Waals surface area contributed by atoms with E-state index < -0.39 is 16.5 Å². The quantitative estimate of drug-likeness (QED) is 0.638. The van der Waals surface area contributed by atoms with Crippen molar-refractivity contribution in [3.05, 3.63) is 54.0 Å². The van der Waals surface area contributed by atoms with Crippen LogP contribution in [0.1, 0.15) is 29.3 Å². The summed E-state index contributed by atoms with van der Waals surface area (Å²) in [6.07, 6.45) is 5.37. The predicted octanol–water partition coefficient (Wildman–Crippen LogP) is 2.40. The maximum absolute atomic E-state index is 12.4. The van der Waals surface area contributed by atoms with Gasteiger partial charge in [0.1, 0.15) is 23.2 Å². The Bertz CT molecular complexity index is 1140. The molecule has 5 rings (SSSR count). The molecule has 1 aromatic carbocycles. The van der Waals surface area contributed by atoms with Crippen molar-refractivity contribution in [3.63, 3.8) is 0 Å². The monoisotopic (exact) mass is 408 g/mol. The van der Waals surface area contributed by atoms with Crippen LogP contribution >= 0.6 is 0 Å². The Morgan fingerprint density at radius 2 is 2.14 bits per heavy atom. The average molecular weight is 408 g/mol. The minimum Gasteiger partial charge on any atom is -0.353 e. The van der Waals surface area contributed by atoms with E-state index in [9.17, 15) is 14.0 Å². The number of benzene rings is 1. The van der Waals surface area contributed by atoms with Crippen molar-refractivity contribution in [1.29, 1.82) is 5.26 Å². The first-order valence-corrected chi connectivity index (χ1v) is 10.7. The van der Waals surface area contributed by atoms with Gasteiger partial charge in [0.15, 0.2) is 11.1 Å². The molecule has 2 N–H and O–H groups in total. The molecule has 1 saturated heterocycles. The van der Waals surface area contributed by atoms with E-state index >= 15 is 0 Å². The standard InChI is InChI=1S/C20H20N6O2S/c21-11-14-2-1-3-15(10-14)19(29(27)28)26-9-8-25(12-20(26)5-6-20)18-16-4-7-22-17(16)23-13-24-18/h1-4,7,10,13,19H,5-6,8-9,12H2,(H,27,28)(H,22,23,24). The number of nitrogens with one attached hydrogen (secondary N) is 1.